The molecule has 1 amide bonds. The van der Waals surface area contributed by atoms with Gasteiger partial charge in [-0.15, -0.1) is 0 Å². The molecule has 1 aliphatic carbocycles. The van der Waals surface area contributed by atoms with Gasteiger partial charge in [0.15, 0.2) is 11.5 Å². The summed E-state index contributed by atoms with van der Waals surface area (Å²) in [6.45, 7) is 0.767. The summed E-state index contributed by atoms with van der Waals surface area (Å²) in [7, 11) is 1.58. The predicted molar refractivity (Wildman–Crippen MR) is 116 cm³/mol. The number of fused-ring (bicyclic) bond motifs is 1. The average Bonchev–Trinajstić information content (AvgIpc) is 3.22. The third-order valence-electron chi connectivity index (χ3n) is 5.70. The minimum absolute atomic E-state index is 0.0909. The Labute approximate surface area is 176 Å². The van der Waals surface area contributed by atoms with E-state index >= 15 is 0 Å². The minimum atomic E-state index is -0.0909. The Hall–Kier alpha value is -3.06. The molecule has 0 unspecified atom stereocenters. The maximum Gasteiger partial charge on any atom is 0.251 e. The van der Waals surface area contributed by atoms with Gasteiger partial charge in [-0.3, -0.25) is 4.79 Å². The Morgan fingerprint density at radius 2 is 2.03 bits per heavy atom. The summed E-state index contributed by atoms with van der Waals surface area (Å²) in [6, 6.07) is 12.0. The van der Waals surface area contributed by atoms with Crippen LogP contribution in [0.3, 0.4) is 0 Å². The average molecular weight is 409 g/mol. The number of methoxy groups -OCH3 is 1. The van der Waals surface area contributed by atoms with Crippen LogP contribution in [-0.2, 0) is 0 Å². The Morgan fingerprint density at radius 1 is 1.20 bits per heavy atom. The van der Waals surface area contributed by atoms with Gasteiger partial charge in [0, 0.05) is 42.0 Å². The van der Waals surface area contributed by atoms with Gasteiger partial charge in [0.25, 0.3) is 5.91 Å². The first kappa shape index (κ1) is 20.2. The van der Waals surface area contributed by atoms with E-state index in [1.54, 1.807) is 25.3 Å². The summed E-state index contributed by atoms with van der Waals surface area (Å²) in [5.74, 6) is 1.03. The number of nitrogens with zero attached hydrogens (tertiary/aromatic N) is 2. The molecule has 0 aliphatic heterocycles. The summed E-state index contributed by atoms with van der Waals surface area (Å²) in [4.78, 5) is 17.3. The molecule has 3 aromatic rings. The SMILES string of the molecule is COc1ccc(C(=O)NC2CCC(n3ccc4cccnc43)CC2)cc1OCCN. The fourth-order valence-corrected chi connectivity index (χ4v) is 4.15. The van der Waals surface area contributed by atoms with Gasteiger partial charge in [-0.05, 0) is 62.1 Å². The summed E-state index contributed by atoms with van der Waals surface area (Å²) in [5.41, 5.74) is 7.11. The number of aromatic nitrogens is 2. The highest BCUT2D eigenvalue weighted by atomic mass is 16.5. The van der Waals surface area contributed by atoms with Crippen LogP contribution in [0.5, 0.6) is 11.5 Å². The summed E-state index contributed by atoms with van der Waals surface area (Å²) in [5, 5.41) is 4.34. The number of nitrogens with one attached hydrogen (secondary N) is 1. The zero-order chi connectivity index (χ0) is 20.9. The van der Waals surface area contributed by atoms with Crippen molar-refractivity contribution < 1.29 is 14.3 Å². The molecule has 2 aromatic heterocycles. The molecule has 0 radical (unpaired) electrons. The quantitative estimate of drug-likeness (QED) is 0.626. The van der Waals surface area contributed by atoms with E-state index in [1.165, 1.54) is 5.39 Å². The van der Waals surface area contributed by atoms with Gasteiger partial charge in [0.1, 0.15) is 12.3 Å². The van der Waals surface area contributed by atoms with Gasteiger partial charge >= 0.3 is 0 Å². The van der Waals surface area contributed by atoms with Crippen molar-refractivity contribution in [3.63, 3.8) is 0 Å². The molecule has 1 aromatic carbocycles. The second kappa shape index (κ2) is 9.17. The van der Waals surface area contributed by atoms with Crippen molar-refractivity contribution in [2.24, 2.45) is 5.73 Å². The predicted octanol–water partition coefficient (Wildman–Crippen LogP) is 3.30. The Bertz CT molecular complexity index is 1010. The number of carbonyl (C=O) groups is 1. The van der Waals surface area contributed by atoms with E-state index in [9.17, 15) is 4.79 Å². The molecule has 3 N–H and O–H groups in total. The van der Waals surface area contributed by atoms with Crippen molar-refractivity contribution in [2.75, 3.05) is 20.3 Å². The Morgan fingerprint density at radius 3 is 2.80 bits per heavy atom. The van der Waals surface area contributed by atoms with Gasteiger partial charge in [0.2, 0.25) is 0 Å². The first-order chi connectivity index (χ1) is 14.7. The fourth-order valence-electron chi connectivity index (χ4n) is 4.15. The van der Waals surface area contributed by atoms with Crippen molar-refractivity contribution in [2.45, 2.75) is 37.8 Å². The van der Waals surface area contributed by atoms with E-state index in [0.29, 0.717) is 36.3 Å². The van der Waals surface area contributed by atoms with Crippen LogP contribution in [0, 0.1) is 0 Å². The molecule has 0 atom stereocenters. The van der Waals surface area contributed by atoms with Crippen LogP contribution in [0.1, 0.15) is 42.1 Å². The number of nitrogens with two attached hydrogens (primary N) is 1. The first-order valence-electron chi connectivity index (χ1n) is 10.4. The zero-order valence-electron chi connectivity index (χ0n) is 17.2. The van der Waals surface area contributed by atoms with Crippen molar-refractivity contribution in [3.8, 4) is 11.5 Å². The van der Waals surface area contributed by atoms with E-state index in [2.05, 4.69) is 33.2 Å². The normalized spacial score (nSPS) is 18.9. The van der Waals surface area contributed by atoms with Crippen molar-refractivity contribution >= 4 is 16.9 Å². The molecule has 158 valence electrons. The maximum atomic E-state index is 12.8. The van der Waals surface area contributed by atoms with E-state index < -0.39 is 0 Å². The number of hydrogen-bond acceptors (Lipinski definition) is 5. The minimum Gasteiger partial charge on any atom is -0.493 e. The van der Waals surface area contributed by atoms with Gasteiger partial charge in [-0.2, -0.15) is 0 Å². The van der Waals surface area contributed by atoms with Gasteiger partial charge < -0.3 is 25.1 Å². The van der Waals surface area contributed by atoms with Crippen molar-refractivity contribution in [1.82, 2.24) is 14.9 Å². The molecule has 0 bridgehead atoms. The topological polar surface area (TPSA) is 91.4 Å². The molecule has 4 rings (SSSR count). The van der Waals surface area contributed by atoms with Crippen LogP contribution in [0.4, 0.5) is 0 Å². The summed E-state index contributed by atoms with van der Waals surface area (Å²) < 4.78 is 13.2. The van der Waals surface area contributed by atoms with Gasteiger partial charge in [0.05, 0.1) is 7.11 Å². The molecule has 7 nitrogen and oxygen atoms in total. The lowest BCUT2D eigenvalue weighted by atomic mass is 9.90. The van der Waals surface area contributed by atoms with Gasteiger partial charge in [-0.1, -0.05) is 0 Å². The molecule has 0 saturated heterocycles. The second-order valence-corrected chi connectivity index (χ2v) is 7.62. The molecule has 2 heterocycles. The van der Waals surface area contributed by atoms with Gasteiger partial charge in [-0.25, -0.2) is 4.98 Å². The zero-order valence-corrected chi connectivity index (χ0v) is 17.2. The summed E-state index contributed by atoms with van der Waals surface area (Å²) in [6.07, 6.45) is 7.87. The molecular formula is C23H28N4O3. The van der Waals surface area contributed by atoms with Crippen LogP contribution in [0.15, 0.2) is 48.8 Å². The Balaban J connectivity index is 1.37. The monoisotopic (exact) mass is 408 g/mol. The smallest absolute Gasteiger partial charge is 0.251 e. The van der Waals surface area contributed by atoms with Crippen LogP contribution in [0.2, 0.25) is 0 Å². The van der Waals surface area contributed by atoms with Crippen LogP contribution >= 0.6 is 0 Å². The molecular weight excluding hydrogens is 380 g/mol. The lowest BCUT2D eigenvalue weighted by Gasteiger charge is -2.30. The lowest BCUT2D eigenvalue weighted by molar-refractivity contribution is 0.0922. The molecule has 0 spiro atoms. The van der Waals surface area contributed by atoms with Crippen LogP contribution in [-0.4, -0.2) is 41.8 Å². The maximum absolute atomic E-state index is 12.8. The number of amides is 1. The Kier molecular flexibility index (Phi) is 6.18. The molecule has 30 heavy (non-hydrogen) atoms. The number of ether oxygens (including phenoxy) is 2. The van der Waals surface area contributed by atoms with E-state index in [1.807, 2.05) is 12.3 Å². The number of benzene rings is 1. The third kappa shape index (κ3) is 4.26. The standard InChI is InChI=1S/C23H28N4O3/c1-29-20-9-4-17(15-21(20)30-14-11-24)23(28)26-18-5-7-19(8-6-18)27-13-10-16-3-2-12-25-22(16)27/h2-4,9-10,12-13,15,18-19H,5-8,11,14,24H2,1H3,(H,26,28). The molecule has 1 saturated carbocycles. The number of carbonyl (C=O) groups excluding carboxylic acids is 1. The summed E-state index contributed by atoms with van der Waals surface area (Å²) >= 11 is 0. The third-order valence-corrected chi connectivity index (χ3v) is 5.70. The number of rotatable bonds is 7. The number of hydrogen-bond donors (Lipinski definition) is 2. The fraction of sp³-hybridized carbons (Fsp3) is 0.391. The van der Waals surface area contributed by atoms with Crippen molar-refractivity contribution in [3.05, 3.63) is 54.4 Å². The number of pyridine rings is 1. The molecule has 1 aliphatic rings. The van der Waals surface area contributed by atoms with Crippen molar-refractivity contribution in [1.29, 1.82) is 0 Å². The molecule has 1 fully saturated rings. The first-order valence-corrected chi connectivity index (χ1v) is 10.4. The van der Waals surface area contributed by atoms with E-state index in [-0.39, 0.29) is 11.9 Å². The second-order valence-electron chi connectivity index (χ2n) is 7.62. The lowest BCUT2D eigenvalue weighted by Crippen LogP contribution is -2.38. The highest BCUT2D eigenvalue weighted by Crippen LogP contribution is 2.32. The highest BCUT2D eigenvalue weighted by Gasteiger charge is 2.25. The largest absolute Gasteiger partial charge is 0.493 e. The van der Waals surface area contributed by atoms with Crippen LogP contribution in [0.25, 0.3) is 11.0 Å². The van der Waals surface area contributed by atoms with Crippen LogP contribution < -0.4 is 20.5 Å². The van der Waals surface area contributed by atoms with E-state index in [4.69, 9.17) is 15.2 Å². The molecule has 7 heteroatoms. The highest BCUT2D eigenvalue weighted by molar-refractivity contribution is 5.95. The van der Waals surface area contributed by atoms with E-state index in [0.717, 1.165) is 31.3 Å².